The highest BCUT2D eigenvalue weighted by Crippen LogP contribution is 2.22. The Balaban J connectivity index is 2.08. The van der Waals surface area contributed by atoms with Crippen LogP contribution in [0.25, 0.3) is 5.69 Å². The lowest BCUT2D eigenvalue weighted by molar-refractivity contribution is 0.392. The van der Waals surface area contributed by atoms with E-state index in [0.717, 1.165) is 25.8 Å². The van der Waals surface area contributed by atoms with E-state index in [-0.39, 0.29) is 11.7 Å². The maximum absolute atomic E-state index is 13.9. The average molecular weight is 262 g/mol. The highest BCUT2D eigenvalue weighted by atomic mass is 19.1. The number of H-pyrrole nitrogens is 1. The Kier molecular flexibility index (Phi) is 3.16. The first kappa shape index (κ1) is 12.1. The summed E-state index contributed by atoms with van der Waals surface area (Å²) in [7, 11) is 0. The van der Waals surface area contributed by atoms with Crippen LogP contribution in [0.3, 0.4) is 0 Å². The first-order valence-electron chi connectivity index (χ1n) is 6.43. The summed E-state index contributed by atoms with van der Waals surface area (Å²) in [5, 5.41) is 9.78. The molecule has 0 saturated carbocycles. The SMILES string of the molecule is O=c1[nH]nc(C2CCCCN2)n1-c1ccccc1F. The van der Waals surface area contributed by atoms with Gasteiger partial charge < -0.3 is 5.32 Å². The van der Waals surface area contributed by atoms with Gasteiger partial charge in [0.15, 0.2) is 5.82 Å². The zero-order valence-electron chi connectivity index (χ0n) is 10.4. The molecule has 2 N–H and O–H groups in total. The molecule has 0 amide bonds. The first-order valence-corrected chi connectivity index (χ1v) is 6.43. The lowest BCUT2D eigenvalue weighted by Gasteiger charge is -2.22. The van der Waals surface area contributed by atoms with E-state index >= 15 is 0 Å². The maximum atomic E-state index is 13.9. The molecular formula is C13H15FN4O. The van der Waals surface area contributed by atoms with Gasteiger partial charge in [0, 0.05) is 0 Å². The van der Waals surface area contributed by atoms with Crippen molar-refractivity contribution < 1.29 is 4.39 Å². The van der Waals surface area contributed by atoms with Crippen molar-refractivity contribution in [1.29, 1.82) is 0 Å². The second-order valence-electron chi connectivity index (χ2n) is 4.68. The first-order chi connectivity index (χ1) is 9.27. The van der Waals surface area contributed by atoms with E-state index in [4.69, 9.17) is 0 Å². The number of hydrogen-bond donors (Lipinski definition) is 2. The second kappa shape index (κ2) is 4.97. The predicted octanol–water partition coefficient (Wildman–Crippen LogP) is 1.51. The molecule has 6 heteroatoms. The van der Waals surface area contributed by atoms with E-state index in [1.807, 2.05) is 0 Å². The van der Waals surface area contributed by atoms with Gasteiger partial charge in [0.05, 0.1) is 11.7 Å². The molecule has 0 bridgehead atoms. The molecular weight excluding hydrogens is 247 g/mol. The minimum Gasteiger partial charge on any atom is -0.307 e. The lowest BCUT2D eigenvalue weighted by atomic mass is 10.0. The molecule has 1 fully saturated rings. The van der Waals surface area contributed by atoms with Crippen molar-refractivity contribution in [2.45, 2.75) is 25.3 Å². The number of nitrogens with one attached hydrogen (secondary N) is 2. The van der Waals surface area contributed by atoms with Crippen LogP contribution < -0.4 is 11.0 Å². The predicted molar refractivity (Wildman–Crippen MR) is 68.7 cm³/mol. The van der Waals surface area contributed by atoms with Gasteiger partial charge in [0.25, 0.3) is 0 Å². The minimum absolute atomic E-state index is 0.00712. The second-order valence-corrected chi connectivity index (χ2v) is 4.68. The van der Waals surface area contributed by atoms with Gasteiger partial charge in [-0.3, -0.25) is 0 Å². The topological polar surface area (TPSA) is 62.7 Å². The summed E-state index contributed by atoms with van der Waals surface area (Å²) in [4.78, 5) is 11.9. The van der Waals surface area contributed by atoms with Crippen molar-refractivity contribution in [2.24, 2.45) is 0 Å². The van der Waals surface area contributed by atoms with E-state index in [0.29, 0.717) is 5.82 Å². The Labute approximate surface area is 109 Å². The van der Waals surface area contributed by atoms with E-state index < -0.39 is 11.5 Å². The summed E-state index contributed by atoms with van der Waals surface area (Å²) in [6.07, 6.45) is 3.10. The molecule has 100 valence electrons. The van der Waals surface area contributed by atoms with Crippen LogP contribution in [0, 0.1) is 5.82 Å². The molecule has 1 saturated heterocycles. The fraction of sp³-hybridized carbons (Fsp3) is 0.385. The van der Waals surface area contributed by atoms with Crippen LogP contribution in [-0.2, 0) is 0 Å². The van der Waals surface area contributed by atoms with Crippen molar-refractivity contribution in [3.05, 3.63) is 46.4 Å². The van der Waals surface area contributed by atoms with Crippen LogP contribution in [0.5, 0.6) is 0 Å². The highest BCUT2D eigenvalue weighted by Gasteiger charge is 2.23. The Morgan fingerprint density at radius 2 is 2.16 bits per heavy atom. The number of para-hydroxylation sites is 1. The van der Waals surface area contributed by atoms with Crippen molar-refractivity contribution in [3.8, 4) is 5.69 Å². The van der Waals surface area contributed by atoms with Crippen LogP contribution in [0.1, 0.15) is 31.1 Å². The molecule has 0 spiro atoms. The number of aromatic nitrogens is 3. The van der Waals surface area contributed by atoms with Gasteiger partial charge in [-0.05, 0) is 31.5 Å². The molecule has 0 aliphatic carbocycles. The van der Waals surface area contributed by atoms with Crippen LogP contribution in [0.15, 0.2) is 29.1 Å². The number of nitrogens with zero attached hydrogens (tertiary/aromatic N) is 2. The van der Waals surface area contributed by atoms with Gasteiger partial charge in [-0.2, -0.15) is 5.10 Å². The van der Waals surface area contributed by atoms with Crippen molar-refractivity contribution in [1.82, 2.24) is 20.1 Å². The van der Waals surface area contributed by atoms with E-state index in [2.05, 4.69) is 15.5 Å². The third-order valence-electron chi connectivity index (χ3n) is 3.41. The molecule has 1 unspecified atom stereocenters. The van der Waals surface area contributed by atoms with Crippen LogP contribution >= 0.6 is 0 Å². The number of benzene rings is 1. The Morgan fingerprint density at radius 1 is 1.32 bits per heavy atom. The minimum atomic E-state index is -0.428. The third-order valence-corrected chi connectivity index (χ3v) is 3.41. The number of halogens is 1. The Morgan fingerprint density at radius 3 is 2.89 bits per heavy atom. The smallest absolute Gasteiger partial charge is 0.307 e. The zero-order valence-corrected chi connectivity index (χ0v) is 10.4. The zero-order chi connectivity index (χ0) is 13.2. The summed E-state index contributed by atoms with van der Waals surface area (Å²) in [5.74, 6) is 0.123. The number of piperidine rings is 1. The molecule has 3 rings (SSSR count). The van der Waals surface area contributed by atoms with Crippen molar-refractivity contribution in [2.75, 3.05) is 6.54 Å². The molecule has 1 aromatic heterocycles. The van der Waals surface area contributed by atoms with Gasteiger partial charge in [0.2, 0.25) is 0 Å². The summed E-state index contributed by atoms with van der Waals surface area (Å²) in [5.41, 5.74) is -0.170. The summed E-state index contributed by atoms with van der Waals surface area (Å²) in [6.45, 7) is 0.892. The van der Waals surface area contributed by atoms with Crippen molar-refractivity contribution >= 4 is 0 Å². The number of rotatable bonds is 2. The maximum Gasteiger partial charge on any atom is 0.348 e. The van der Waals surface area contributed by atoms with Gasteiger partial charge in [-0.1, -0.05) is 18.6 Å². The molecule has 0 radical (unpaired) electrons. The largest absolute Gasteiger partial charge is 0.348 e. The molecule has 1 atom stereocenters. The van der Waals surface area contributed by atoms with E-state index in [1.165, 1.54) is 10.6 Å². The van der Waals surface area contributed by atoms with Crippen LogP contribution in [-0.4, -0.2) is 21.3 Å². The van der Waals surface area contributed by atoms with Gasteiger partial charge in [-0.25, -0.2) is 18.9 Å². The normalized spacial score (nSPS) is 19.5. The molecule has 5 nitrogen and oxygen atoms in total. The summed E-state index contributed by atoms with van der Waals surface area (Å²) < 4.78 is 15.2. The summed E-state index contributed by atoms with van der Waals surface area (Å²) in [6, 6.07) is 6.22. The number of aromatic amines is 1. The molecule has 1 aliphatic heterocycles. The molecule has 1 aromatic carbocycles. The molecule has 1 aliphatic rings. The van der Waals surface area contributed by atoms with Gasteiger partial charge in [-0.15, -0.1) is 0 Å². The van der Waals surface area contributed by atoms with Crippen molar-refractivity contribution in [3.63, 3.8) is 0 Å². The standard InChI is InChI=1S/C13H15FN4O/c14-9-5-1-2-7-11(9)18-12(16-17-13(18)19)10-6-3-4-8-15-10/h1-2,5,7,10,15H,3-4,6,8H2,(H,17,19). The molecule has 2 heterocycles. The van der Waals surface area contributed by atoms with E-state index in [1.54, 1.807) is 18.2 Å². The Bertz CT molecular complexity index is 628. The quantitative estimate of drug-likeness (QED) is 0.862. The molecule has 2 aromatic rings. The van der Waals surface area contributed by atoms with Crippen LogP contribution in [0.4, 0.5) is 4.39 Å². The van der Waals surface area contributed by atoms with Gasteiger partial charge in [0.1, 0.15) is 5.82 Å². The monoisotopic (exact) mass is 262 g/mol. The fourth-order valence-corrected chi connectivity index (χ4v) is 2.48. The number of hydrogen-bond acceptors (Lipinski definition) is 3. The Hall–Kier alpha value is -1.95. The van der Waals surface area contributed by atoms with E-state index in [9.17, 15) is 9.18 Å². The highest BCUT2D eigenvalue weighted by molar-refractivity contribution is 5.34. The molecule has 19 heavy (non-hydrogen) atoms. The fourth-order valence-electron chi connectivity index (χ4n) is 2.48. The summed E-state index contributed by atoms with van der Waals surface area (Å²) >= 11 is 0. The average Bonchev–Trinajstić information content (AvgIpc) is 2.82. The van der Waals surface area contributed by atoms with Gasteiger partial charge >= 0.3 is 5.69 Å². The third kappa shape index (κ3) is 2.19. The lowest BCUT2D eigenvalue weighted by Crippen LogP contribution is -2.30. The van der Waals surface area contributed by atoms with Crippen LogP contribution in [0.2, 0.25) is 0 Å².